The van der Waals surface area contributed by atoms with Crippen molar-refractivity contribution in [3.8, 4) is 0 Å². The Hall–Kier alpha value is -1.95. The highest BCUT2D eigenvalue weighted by Gasteiger charge is 2.27. The zero-order chi connectivity index (χ0) is 15.9. The van der Waals surface area contributed by atoms with Gasteiger partial charge in [-0.2, -0.15) is 0 Å². The maximum Gasteiger partial charge on any atom is 0.274 e. The molecule has 0 radical (unpaired) electrons. The largest absolute Gasteiger partial charge is 0.333 e. The van der Waals surface area contributed by atoms with Crippen molar-refractivity contribution in [1.29, 1.82) is 0 Å². The topological polar surface area (TPSA) is 51.0 Å². The summed E-state index contributed by atoms with van der Waals surface area (Å²) in [5, 5.41) is 8.35. The average Bonchev–Trinajstić information content (AvgIpc) is 2.86. The van der Waals surface area contributed by atoms with E-state index in [1.807, 2.05) is 6.92 Å². The van der Waals surface area contributed by atoms with Gasteiger partial charge >= 0.3 is 0 Å². The first-order valence-electron chi connectivity index (χ1n) is 7.17. The van der Waals surface area contributed by atoms with Crippen LogP contribution in [0.2, 0.25) is 5.02 Å². The Morgan fingerprint density at radius 1 is 1.45 bits per heavy atom. The first kappa shape index (κ1) is 15.0. The Morgan fingerprint density at radius 2 is 2.23 bits per heavy atom. The van der Waals surface area contributed by atoms with Gasteiger partial charge in [-0.3, -0.25) is 4.79 Å². The van der Waals surface area contributed by atoms with E-state index in [9.17, 15) is 9.18 Å². The van der Waals surface area contributed by atoms with Gasteiger partial charge in [0, 0.05) is 24.7 Å². The Kier molecular flexibility index (Phi) is 3.87. The van der Waals surface area contributed by atoms with Gasteiger partial charge < -0.3 is 4.90 Å². The minimum atomic E-state index is -0.380. The van der Waals surface area contributed by atoms with Crippen LogP contribution in [0.25, 0.3) is 0 Å². The summed E-state index contributed by atoms with van der Waals surface area (Å²) in [7, 11) is 0. The van der Waals surface area contributed by atoms with E-state index in [4.69, 9.17) is 11.6 Å². The third kappa shape index (κ3) is 2.47. The van der Waals surface area contributed by atoms with Gasteiger partial charge in [0.2, 0.25) is 0 Å². The second-order valence-electron chi connectivity index (χ2n) is 5.34. The Bertz CT molecular complexity index is 743. The molecule has 0 fully saturated rings. The van der Waals surface area contributed by atoms with Gasteiger partial charge in [0.15, 0.2) is 0 Å². The van der Waals surface area contributed by atoms with Crippen molar-refractivity contribution in [2.45, 2.75) is 33.4 Å². The van der Waals surface area contributed by atoms with E-state index >= 15 is 0 Å². The molecule has 22 heavy (non-hydrogen) atoms. The second-order valence-corrected chi connectivity index (χ2v) is 5.75. The van der Waals surface area contributed by atoms with Gasteiger partial charge in [0.05, 0.1) is 5.69 Å². The summed E-state index contributed by atoms with van der Waals surface area (Å²) in [5.41, 5.74) is 2.78. The Labute approximate surface area is 132 Å². The zero-order valence-corrected chi connectivity index (χ0v) is 13.2. The van der Waals surface area contributed by atoms with Crippen LogP contribution < -0.4 is 0 Å². The summed E-state index contributed by atoms with van der Waals surface area (Å²) in [6.45, 7) is 5.14. The van der Waals surface area contributed by atoms with Crippen LogP contribution in [0.4, 0.5) is 4.39 Å². The molecule has 0 unspecified atom stereocenters. The van der Waals surface area contributed by atoms with Gasteiger partial charge in [0.1, 0.15) is 11.5 Å². The molecule has 5 nitrogen and oxygen atoms in total. The number of nitrogens with zero attached hydrogens (tertiary/aromatic N) is 4. The SMILES string of the molecule is CCn1nnc(C)c1C(=O)N1CCc2c(Cl)cc(F)cc2C1. The lowest BCUT2D eigenvalue weighted by Crippen LogP contribution is -2.37. The fourth-order valence-electron chi connectivity index (χ4n) is 2.82. The number of benzene rings is 1. The van der Waals surface area contributed by atoms with E-state index in [-0.39, 0.29) is 11.7 Å². The van der Waals surface area contributed by atoms with E-state index in [0.29, 0.717) is 42.5 Å². The van der Waals surface area contributed by atoms with Crippen LogP contribution in [0.15, 0.2) is 12.1 Å². The molecule has 0 N–H and O–H groups in total. The molecule has 1 aromatic heterocycles. The summed E-state index contributed by atoms with van der Waals surface area (Å²) in [6.07, 6.45) is 0.618. The number of carbonyl (C=O) groups is 1. The van der Waals surface area contributed by atoms with E-state index < -0.39 is 0 Å². The van der Waals surface area contributed by atoms with Crippen LogP contribution in [-0.2, 0) is 19.5 Å². The van der Waals surface area contributed by atoms with Crippen molar-refractivity contribution in [2.75, 3.05) is 6.54 Å². The van der Waals surface area contributed by atoms with Gasteiger partial charge in [-0.15, -0.1) is 5.10 Å². The van der Waals surface area contributed by atoms with Crippen molar-refractivity contribution in [1.82, 2.24) is 19.9 Å². The number of aryl methyl sites for hydroxylation is 2. The number of hydrogen-bond donors (Lipinski definition) is 0. The molecular weight excluding hydrogens is 307 g/mol. The lowest BCUT2D eigenvalue weighted by molar-refractivity contribution is 0.0721. The molecule has 2 heterocycles. The second kappa shape index (κ2) is 5.68. The van der Waals surface area contributed by atoms with E-state index in [2.05, 4.69) is 10.3 Å². The number of carbonyl (C=O) groups excluding carboxylic acids is 1. The highest BCUT2D eigenvalue weighted by Crippen LogP contribution is 2.28. The van der Waals surface area contributed by atoms with Crippen molar-refractivity contribution < 1.29 is 9.18 Å². The summed E-state index contributed by atoms with van der Waals surface area (Å²) in [4.78, 5) is 14.4. The number of amides is 1. The molecule has 1 aliphatic rings. The van der Waals surface area contributed by atoms with Crippen molar-refractivity contribution in [3.05, 3.63) is 45.5 Å². The summed E-state index contributed by atoms with van der Waals surface area (Å²) >= 11 is 6.08. The molecule has 0 atom stereocenters. The summed E-state index contributed by atoms with van der Waals surface area (Å²) in [6, 6.07) is 2.76. The lowest BCUT2D eigenvalue weighted by atomic mass is 9.99. The van der Waals surface area contributed by atoms with Gasteiger partial charge in [-0.25, -0.2) is 9.07 Å². The minimum absolute atomic E-state index is 0.129. The van der Waals surface area contributed by atoms with Crippen LogP contribution in [0.5, 0.6) is 0 Å². The molecule has 7 heteroatoms. The van der Waals surface area contributed by atoms with Crippen LogP contribution >= 0.6 is 11.6 Å². The molecule has 0 aliphatic carbocycles. The van der Waals surface area contributed by atoms with E-state index in [1.54, 1.807) is 16.5 Å². The normalized spacial score (nSPS) is 14.1. The zero-order valence-electron chi connectivity index (χ0n) is 12.4. The van der Waals surface area contributed by atoms with E-state index in [1.165, 1.54) is 12.1 Å². The fraction of sp³-hybridized carbons (Fsp3) is 0.400. The standard InChI is InChI=1S/C15H16ClFN4O/c1-3-21-14(9(2)18-19-21)15(22)20-5-4-12-10(8-20)6-11(17)7-13(12)16/h6-7H,3-5,8H2,1-2H3. The highest BCUT2D eigenvalue weighted by molar-refractivity contribution is 6.31. The number of aromatic nitrogens is 3. The van der Waals surface area contributed by atoms with Crippen molar-refractivity contribution in [3.63, 3.8) is 0 Å². The number of rotatable bonds is 2. The number of halogens is 2. The lowest BCUT2D eigenvalue weighted by Gasteiger charge is -2.29. The molecule has 116 valence electrons. The molecule has 2 aromatic rings. The fourth-order valence-corrected chi connectivity index (χ4v) is 3.14. The Morgan fingerprint density at radius 3 is 2.95 bits per heavy atom. The molecule has 1 amide bonds. The van der Waals surface area contributed by atoms with Crippen LogP contribution in [0.1, 0.15) is 34.2 Å². The molecule has 0 spiro atoms. The summed E-state index contributed by atoms with van der Waals surface area (Å²) < 4.78 is 15.1. The summed E-state index contributed by atoms with van der Waals surface area (Å²) in [5.74, 6) is -0.509. The molecule has 0 saturated heterocycles. The molecule has 3 rings (SSSR count). The van der Waals surface area contributed by atoms with E-state index in [0.717, 1.165) is 11.1 Å². The van der Waals surface area contributed by atoms with Crippen LogP contribution in [0, 0.1) is 12.7 Å². The highest BCUT2D eigenvalue weighted by atomic mass is 35.5. The first-order chi connectivity index (χ1) is 10.5. The number of fused-ring (bicyclic) bond motifs is 1. The monoisotopic (exact) mass is 322 g/mol. The van der Waals surface area contributed by atoms with Crippen LogP contribution in [0.3, 0.4) is 0 Å². The predicted octanol–water partition coefficient (Wildman–Crippen LogP) is 2.60. The molecule has 0 saturated carbocycles. The Balaban J connectivity index is 1.91. The third-order valence-electron chi connectivity index (χ3n) is 3.94. The maximum atomic E-state index is 13.5. The minimum Gasteiger partial charge on any atom is -0.333 e. The van der Waals surface area contributed by atoms with Gasteiger partial charge in [-0.05, 0) is 43.5 Å². The van der Waals surface area contributed by atoms with Crippen molar-refractivity contribution >= 4 is 17.5 Å². The molecule has 0 bridgehead atoms. The quantitative estimate of drug-likeness (QED) is 0.854. The number of hydrogen-bond acceptors (Lipinski definition) is 3. The smallest absolute Gasteiger partial charge is 0.274 e. The molecular formula is C15H16ClFN4O. The van der Waals surface area contributed by atoms with Crippen LogP contribution in [-0.4, -0.2) is 32.3 Å². The third-order valence-corrected chi connectivity index (χ3v) is 4.28. The molecule has 1 aromatic carbocycles. The van der Waals surface area contributed by atoms with Crippen molar-refractivity contribution in [2.24, 2.45) is 0 Å². The predicted molar refractivity (Wildman–Crippen MR) is 80.3 cm³/mol. The van der Waals surface area contributed by atoms with Gasteiger partial charge in [-0.1, -0.05) is 16.8 Å². The first-order valence-corrected chi connectivity index (χ1v) is 7.55. The average molecular weight is 323 g/mol. The van der Waals surface area contributed by atoms with Gasteiger partial charge in [0.25, 0.3) is 5.91 Å². The maximum absolute atomic E-state index is 13.5. The molecule has 1 aliphatic heterocycles.